The molecule has 1 aliphatic heterocycles. The van der Waals surface area contributed by atoms with Gasteiger partial charge in [-0.15, -0.1) is 0 Å². The molecule has 1 saturated heterocycles. The van der Waals surface area contributed by atoms with Crippen LogP contribution in [0.15, 0.2) is 0 Å². The first-order valence-electron chi connectivity index (χ1n) is 7.00. The molecule has 1 fully saturated rings. The van der Waals surface area contributed by atoms with Gasteiger partial charge < -0.3 is 15.5 Å². The van der Waals surface area contributed by atoms with Crippen LogP contribution >= 0.6 is 0 Å². The lowest BCUT2D eigenvalue weighted by Gasteiger charge is -2.18. The second kappa shape index (κ2) is 6.42. The van der Waals surface area contributed by atoms with Crippen molar-refractivity contribution in [3.05, 3.63) is 0 Å². The molecule has 118 valence electrons. The van der Waals surface area contributed by atoms with Crippen LogP contribution in [0.2, 0.25) is 0 Å². The van der Waals surface area contributed by atoms with Crippen molar-refractivity contribution in [3.63, 3.8) is 0 Å². The van der Waals surface area contributed by atoms with E-state index < -0.39 is 9.84 Å². The Morgan fingerprint density at radius 1 is 1.19 bits per heavy atom. The van der Waals surface area contributed by atoms with Crippen LogP contribution in [0.5, 0.6) is 0 Å². The zero-order chi connectivity index (χ0) is 15.5. The topological polar surface area (TPSA) is 100 Å². The lowest BCUT2D eigenvalue weighted by Crippen LogP contribution is -2.27. The lowest BCUT2D eigenvalue weighted by atomic mass is 10.4. The molecule has 21 heavy (non-hydrogen) atoms. The van der Waals surface area contributed by atoms with Gasteiger partial charge >= 0.3 is 0 Å². The minimum Gasteiger partial charge on any atom is -0.357 e. The van der Waals surface area contributed by atoms with Crippen LogP contribution in [-0.4, -0.2) is 61.6 Å². The van der Waals surface area contributed by atoms with Crippen LogP contribution in [-0.2, 0) is 9.84 Å². The molecule has 2 heterocycles. The highest BCUT2D eigenvalue weighted by Crippen LogP contribution is 2.18. The SMILES string of the molecule is CNc1nc(NC(C)CS(C)(=O)=O)nc(N2CCCC2)n1. The van der Waals surface area contributed by atoms with Crippen molar-refractivity contribution in [1.82, 2.24) is 15.0 Å². The molecule has 1 unspecified atom stereocenters. The molecule has 1 aliphatic rings. The minimum absolute atomic E-state index is 0.0343. The summed E-state index contributed by atoms with van der Waals surface area (Å²) in [5.74, 6) is 1.53. The number of nitrogens with one attached hydrogen (secondary N) is 2. The normalized spacial score (nSPS) is 16.8. The maximum absolute atomic E-state index is 11.3. The summed E-state index contributed by atoms with van der Waals surface area (Å²) in [5, 5.41) is 5.93. The van der Waals surface area contributed by atoms with E-state index in [4.69, 9.17) is 0 Å². The Kier molecular flexibility index (Phi) is 4.81. The van der Waals surface area contributed by atoms with Crippen LogP contribution in [0.25, 0.3) is 0 Å². The van der Waals surface area contributed by atoms with Crippen LogP contribution in [0.4, 0.5) is 17.8 Å². The van der Waals surface area contributed by atoms with Crippen molar-refractivity contribution in [2.75, 3.05) is 47.7 Å². The average molecular weight is 314 g/mol. The van der Waals surface area contributed by atoms with Gasteiger partial charge in [0.2, 0.25) is 17.8 Å². The van der Waals surface area contributed by atoms with Gasteiger partial charge in [0.15, 0.2) is 0 Å². The van der Waals surface area contributed by atoms with Crippen molar-refractivity contribution in [2.45, 2.75) is 25.8 Å². The number of hydrogen-bond donors (Lipinski definition) is 2. The molecular formula is C12H22N6O2S. The number of sulfone groups is 1. The average Bonchev–Trinajstić information content (AvgIpc) is 2.89. The van der Waals surface area contributed by atoms with E-state index in [-0.39, 0.29) is 11.8 Å². The lowest BCUT2D eigenvalue weighted by molar-refractivity contribution is 0.597. The fourth-order valence-corrected chi connectivity index (χ4v) is 3.31. The van der Waals surface area contributed by atoms with Crippen LogP contribution < -0.4 is 15.5 Å². The second-order valence-electron chi connectivity index (χ2n) is 5.36. The highest BCUT2D eigenvalue weighted by molar-refractivity contribution is 7.90. The monoisotopic (exact) mass is 314 g/mol. The molecule has 0 aliphatic carbocycles. The Morgan fingerprint density at radius 2 is 1.81 bits per heavy atom. The summed E-state index contributed by atoms with van der Waals surface area (Å²) < 4.78 is 22.6. The Hall–Kier alpha value is -1.64. The van der Waals surface area contributed by atoms with E-state index in [1.807, 2.05) is 0 Å². The van der Waals surface area contributed by atoms with Crippen LogP contribution in [0, 0.1) is 0 Å². The maximum Gasteiger partial charge on any atom is 0.231 e. The van der Waals surface area contributed by atoms with Gasteiger partial charge in [0.25, 0.3) is 0 Å². The molecule has 1 aromatic heterocycles. The Morgan fingerprint density at radius 3 is 2.38 bits per heavy atom. The fraction of sp³-hybridized carbons (Fsp3) is 0.750. The van der Waals surface area contributed by atoms with E-state index in [1.54, 1.807) is 14.0 Å². The summed E-state index contributed by atoms with van der Waals surface area (Å²) in [6.07, 6.45) is 3.48. The molecule has 0 radical (unpaired) electrons. The van der Waals surface area contributed by atoms with Gasteiger partial charge in [0.05, 0.1) is 5.75 Å². The van der Waals surface area contributed by atoms with Crippen molar-refractivity contribution in [2.24, 2.45) is 0 Å². The molecule has 1 aromatic rings. The predicted molar refractivity (Wildman–Crippen MR) is 83.6 cm³/mol. The molecule has 0 amide bonds. The van der Waals surface area contributed by atoms with Crippen molar-refractivity contribution < 1.29 is 8.42 Å². The van der Waals surface area contributed by atoms with E-state index >= 15 is 0 Å². The highest BCUT2D eigenvalue weighted by atomic mass is 32.2. The van der Waals surface area contributed by atoms with Crippen LogP contribution in [0.1, 0.15) is 19.8 Å². The van der Waals surface area contributed by atoms with Gasteiger partial charge in [-0.1, -0.05) is 0 Å². The maximum atomic E-state index is 11.3. The number of anilines is 3. The molecule has 2 N–H and O–H groups in total. The number of hydrogen-bond acceptors (Lipinski definition) is 8. The molecule has 0 saturated carbocycles. The van der Waals surface area contributed by atoms with Crippen molar-refractivity contribution in [1.29, 1.82) is 0 Å². The van der Waals surface area contributed by atoms with E-state index in [0.29, 0.717) is 17.8 Å². The number of rotatable bonds is 6. The van der Waals surface area contributed by atoms with Gasteiger partial charge in [0, 0.05) is 32.4 Å². The largest absolute Gasteiger partial charge is 0.357 e. The van der Waals surface area contributed by atoms with E-state index in [2.05, 4.69) is 30.5 Å². The fourth-order valence-electron chi connectivity index (χ4n) is 2.32. The van der Waals surface area contributed by atoms with Gasteiger partial charge in [0.1, 0.15) is 9.84 Å². The van der Waals surface area contributed by atoms with E-state index in [0.717, 1.165) is 25.9 Å². The molecule has 1 atom stereocenters. The Labute approximate surface area is 125 Å². The predicted octanol–water partition coefficient (Wildman–Crippen LogP) is 0.359. The van der Waals surface area contributed by atoms with Gasteiger partial charge in [-0.2, -0.15) is 15.0 Å². The highest BCUT2D eigenvalue weighted by Gasteiger charge is 2.18. The van der Waals surface area contributed by atoms with Gasteiger partial charge in [-0.25, -0.2) is 8.42 Å². The number of aromatic nitrogens is 3. The number of nitrogens with zero attached hydrogens (tertiary/aromatic N) is 4. The van der Waals surface area contributed by atoms with Gasteiger partial charge in [-0.3, -0.25) is 0 Å². The molecule has 9 heteroatoms. The van der Waals surface area contributed by atoms with Crippen molar-refractivity contribution in [3.8, 4) is 0 Å². The third kappa shape index (κ3) is 4.69. The third-order valence-electron chi connectivity index (χ3n) is 3.16. The van der Waals surface area contributed by atoms with E-state index in [9.17, 15) is 8.42 Å². The first-order chi connectivity index (χ1) is 9.87. The first kappa shape index (κ1) is 15.7. The zero-order valence-corrected chi connectivity index (χ0v) is 13.4. The smallest absolute Gasteiger partial charge is 0.231 e. The quantitative estimate of drug-likeness (QED) is 0.776. The summed E-state index contributed by atoms with van der Waals surface area (Å²) in [4.78, 5) is 15.1. The summed E-state index contributed by atoms with van der Waals surface area (Å²) in [6, 6.07) is -0.265. The Balaban J connectivity index is 2.16. The standard InChI is InChI=1S/C12H22N6O2S/c1-9(8-21(3,19)20)14-11-15-10(13-2)16-12(17-11)18-6-4-5-7-18/h9H,4-8H2,1-3H3,(H2,13,14,15,16,17). The summed E-state index contributed by atoms with van der Waals surface area (Å²) in [7, 11) is -1.30. The molecular weight excluding hydrogens is 292 g/mol. The van der Waals surface area contributed by atoms with Crippen LogP contribution in [0.3, 0.4) is 0 Å². The third-order valence-corrected chi connectivity index (χ3v) is 4.27. The summed E-state index contributed by atoms with van der Waals surface area (Å²) in [5.41, 5.74) is 0. The second-order valence-corrected chi connectivity index (χ2v) is 7.55. The molecule has 0 spiro atoms. The van der Waals surface area contributed by atoms with E-state index in [1.165, 1.54) is 6.26 Å². The van der Waals surface area contributed by atoms with Crippen molar-refractivity contribution >= 4 is 27.7 Å². The molecule has 0 aromatic carbocycles. The molecule has 2 rings (SSSR count). The van der Waals surface area contributed by atoms with Gasteiger partial charge in [-0.05, 0) is 19.8 Å². The summed E-state index contributed by atoms with van der Waals surface area (Å²) >= 11 is 0. The zero-order valence-electron chi connectivity index (χ0n) is 12.6. The molecule has 0 bridgehead atoms. The Bertz CT molecular complexity index is 585. The minimum atomic E-state index is -3.04. The summed E-state index contributed by atoms with van der Waals surface area (Å²) in [6.45, 7) is 3.66. The first-order valence-corrected chi connectivity index (χ1v) is 9.06. The molecule has 8 nitrogen and oxygen atoms in total.